The Morgan fingerprint density at radius 2 is 2.19 bits per heavy atom. The van der Waals surface area contributed by atoms with Crippen LogP contribution in [-0.4, -0.2) is 53.9 Å². The molecule has 0 N–H and O–H groups in total. The predicted molar refractivity (Wildman–Crippen MR) is 80.7 cm³/mol. The quantitative estimate of drug-likeness (QED) is 0.635. The van der Waals surface area contributed by atoms with Gasteiger partial charge in [-0.05, 0) is 39.1 Å². The van der Waals surface area contributed by atoms with Crippen LogP contribution in [0, 0.1) is 10.1 Å². The molecule has 2 rings (SSSR count). The Morgan fingerprint density at radius 3 is 2.76 bits per heavy atom. The third-order valence-electron chi connectivity index (χ3n) is 3.81. The molecule has 1 amide bonds. The molecule has 1 unspecified atom stereocenters. The molecule has 1 aliphatic rings. The molecule has 1 aliphatic heterocycles. The Kier molecular flexibility index (Phi) is 4.80. The van der Waals surface area contributed by atoms with Crippen LogP contribution >= 0.6 is 11.6 Å². The fourth-order valence-corrected chi connectivity index (χ4v) is 2.78. The number of carbonyl (C=O) groups is 1. The topological polar surface area (TPSA) is 66.7 Å². The van der Waals surface area contributed by atoms with E-state index in [4.69, 9.17) is 11.6 Å². The van der Waals surface area contributed by atoms with Gasteiger partial charge in [0.1, 0.15) is 5.02 Å². The normalized spacial score (nSPS) is 18.9. The summed E-state index contributed by atoms with van der Waals surface area (Å²) in [5.41, 5.74) is 0.211. The van der Waals surface area contributed by atoms with E-state index in [1.807, 2.05) is 14.1 Å². The van der Waals surface area contributed by atoms with Crippen LogP contribution in [0.4, 0.5) is 5.69 Å². The van der Waals surface area contributed by atoms with Crippen molar-refractivity contribution in [2.75, 3.05) is 27.2 Å². The Hall–Kier alpha value is -1.66. The summed E-state index contributed by atoms with van der Waals surface area (Å²) >= 11 is 5.87. The van der Waals surface area contributed by atoms with Crippen LogP contribution in [0.25, 0.3) is 0 Å². The first-order valence-electron chi connectivity index (χ1n) is 6.80. The maximum absolute atomic E-state index is 12.5. The summed E-state index contributed by atoms with van der Waals surface area (Å²) in [7, 11) is 4.00. The lowest BCUT2D eigenvalue weighted by Gasteiger charge is -2.36. The number of amides is 1. The zero-order chi connectivity index (χ0) is 15.6. The molecular formula is C14H18ClN3O3. The van der Waals surface area contributed by atoms with Gasteiger partial charge in [0.2, 0.25) is 0 Å². The van der Waals surface area contributed by atoms with E-state index in [9.17, 15) is 14.9 Å². The molecule has 1 aromatic rings. The first-order chi connectivity index (χ1) is 9.90. The van der Waals surface area contributed by atoms with Crippen molar-refractivity contribution in [3.05, 3.63) is 38.9 Å². The second-order valence-corrected chi connectivity index (χ2v) is 5.84. The molecule has 0 aliphatic carbocycles. The second kappa shape index (κ2) is 6.41. The molecule has 0 aromatic heterocycles. The van der Waals surface area contributed by atoms with E-state index in [1.165, 1.54) is 18.2 Å². The van der Waals surface area contributed by atoms with Crippen molar-refractivity contribution in [2.45, 2.75) is 18.9 Å². The fraction of sp³-hybridized carbons (Fsp3) is 0.500. The predicted octanol–water partition coefficient (Wildman–Crippen LogP) is 2.41. The molecule has 6 nitrogen and oxygen atoms in total. The number of hydrogen-bond donors (Lipinski definition) is 0. The highest BCUT2D eigenvalue weighted by atomic mass is 35.5. The lowest BCUT2D eigenvalue weighted by Crippen LogP contribution is -2.47. The number of carbonyl (C=O) groups excluding carboxylic acids is 1. The van der Waals surface area contributed by atoms with Crippen molar-refractivity contribution < 1.29 is 9.72 Å². The molecule has 1 heterocycles. The zero-order valence-corrected chi connectivity index (χ0v) is 12.8. The summed E-state index contributed by atoms with van der Waals surface area (Å²) in [6, 6.07) is 4.46. The number of benzene rings is 1. The zero-order valence-electron chi connectivity index (χ0n) is 12.1. The summed E-state index contributed by atoms with van der Waals surface area (Å²) in [5.74, 6) is -0.127. The Bertz CT molecular complexity index is 562. The van der Waals surface area contributed by atoms with E-state index in [1.54, 1.807) is 4.90 Å². The van der Waals surface area contributed by atoms with Gasteiger partial charge in [-0.1, -0.05) is 11.6 Å². The summed E-state index contributed by atoms with van der Waals surface area (Å²) in [4.78, 5) is 26.6. The van der Waals surface area contributed by atoms with Crippen LogP contribution < -0.4 is 0 Å². The van der Waals surface area contributed by atoms with Crippen molar-refractivity contribution in [1.82, 2.24) is 9.80 Å². The average molecular weight is 312 g/mol. The van der Waals surface area contributed by atoms with Crippen molar-refractivity contribution in [1.29, 1.82) is 0 Å². The van der Waals surface area contributed by atoms with Gasteiger partial charge in [-0.15, -0.1) is 0 Å². The lowest BCUT2D eigenvalue weighted by atomic mass is 10.0. The summed E-state index contributed by atoms with van der Waals surface area (Å²) in [6.45, 7) is 1.37. The van der Waals surface area contributed by atoms with E-state index in [0.29, 0.717) is 24.7 Å². The van der Waals surface area contributed by atoms with E-state index in [-0.39, 0.29) is 16.6 Å². The van der Waals surface area contributed by atoms with Gasteiger partial charge in [-0.25, -0.2) is 0 Å². The standard InChI is InChI=1S/C14H18ClN3O3/c1-16(2)11-4-3-7-17(9-11)14(19)10-5-6-13(18(20)21)12(15)8-10/h5-6,8,11H,3-4,7,9H2,1-2H3. The first-order valence-corrected chi connectivity index (χ1v) is 7.17. The van der Waals surface area contributed by atoms with Crippen LogP contribution in [0.1, 0.15) is 23.2 Å². The van der Waals surface area contributed by atoms with Gasteiger partial charge in [0, 0.05) is 30.8 Å². The van der Waals surface area contributed by atoms with E-state index >= 15 is 0 Å². The van der Waals surface area contributed by atoms with Crippen LogP contribution in [0.2, 0.25) is 5.02 Å². The second-order valence-electron chi connectivity index (χ2n) is 5.43. The molecule has 1 atom stereocenters. The van der Waals surface area contributed by atoms with Crippen LogP contribution in [0.3, 0.4) is 0 Å². The Balaban J connectivity index is 2.16. The highest BCUT2D eigenvalue weighted by molar-refractivity contribution is 6.33. The number of nitro groups is 1. The van der Waals surface area contributed by atoms with Gasteiger partial charge in [0.05, 0.1) is 4.92 Å². The number of halogens is 1. The molecule has 0 bridgehead atoms. The fourth-order valence-electron chi connectivity index (χ4n) is 2.53. The number of hydrogen-bond acceptors (Lipinski definition) is 4. The first kappa shape index (κ1) is 15.7. The van der Waals surface area contributed by atoms with E-state index in [0.717, 1.165) is 12.8 Å². The van der Waals surface area contributed by atoms with Gasteiger partial charge in [-0.3, -0.25) is 14.9 Å². The molecule has 0 spiro atoms. The monoisotopic (exact) mass is 311 g/mol. The number of likely N-dealkylation sites (tertiary alicyclic amines) is 1. The molecule has 0 saturated carbocycles. The SMILES string of the molecule is CN(C)C1CCCN(C(=O)c2ccc([N+](=O)[O-])c(Cl)c2)C1. The smallest absolute Gasteiger partial charge is 0.287 e. The Morgan fingerprint density at radius 1 is 1.48 bits per heavy atom. The lowest BCUT2D eigenvalue weighted by molar-refractivity contribution is -0.384. The third kappa shape index (κ3) is 3.51. The number of likely N-dealkylation sites (N-methyl/N-ethyl adjacent to an activating group) is 1. The van der Waals surface area contributed by atoms with Gasteiger partial charge in [0.15, 0.2) is 0 Å². The van der Waals surface area contributed by atoms with Crippen molar-refractivity contribution in [3.8, 4) is 0 Å². The highest BCUT2D eigenvalue weighted by Crippen LogP contribution is 2.26. The number of rotatable bonds is 3. The maximum Gasteiger partial charge on any atom is 0.287 e. The third-order valence-corrected chi connectivity index (χ3v) is 4.11. The minimum absolute atomic E-state index is 0.00739. The van der Waals surface area contributed by atoms with E-state index < -0.39 is 4.92 Å². The molecule has 114 valence electrons. The van der Waals surface area contributed by atoms with E-state index in [2.05, 4.69) is 4.90 Å². The summed E-state index contributed by atoms with van der Waals surface area (Å²) in [5, 5.41) is 10.7. The van der Waals surface area contributed by atoms with Gasteiger partial charge >= 0.3 is 0 Å². The molecule has 7 heteroatoms. The average Bonchev–Trinajstić information content (AvgIpc) is 2.46. The minimum Gasteiger partial charge on any atom is -0.337 e. The molecule has 0 radical (unpaired) electrons. The molecule has 1 fully saturated rings. The minimum atomic E-state index is -0.556. The molecule has 1 aromatic carbocycles. The van der Waals surface area contributed by atoms with Crippen molar-refractivity contribution in [3.63, 3.8) is 0 Å². The van der Waals surface area contributed by atoms with Crippen LogP contribution in [-0.2, 0) is 0 Å². The number of nitrogens with zero attached hydrogens (tertiary/aromatic N) is 3. The summed E-state index contributed by atoms with van der Waals surface area (Å²) < 4.78 is 0. The highest BCUT2D eigenvalue weighted by Gasteiger charge is 2.26. The molecule has 1 saturated heterocycles. The van der Waals surface area contributed by atoms with Crippen molar-refractivity contribution >= 4 is 23.2 Å². The largest absolute Gasteiger partial charge is 0.337 e. The summed E-state index contributed by atoms with van der Waals surface area (Å²) in [6.07, 6.45) is 2.02. The molecule has 21 heavy (non-hydrogen) atoms. The van der Waals surface area contributed by atoms with Gasteiger partial charge < -0.3 is 9.80 Å². The number of nitro benzene ring substituents is 1. The van der Waals surface area contributed by atoms with Crippen LogP contribution in [0.15, 0.2) is 18.2 Å². The maximum atomic E-state index is 12.5. The van der Waals surface area contributed by atoms with Gasteiger partial charge in [0.25, 0.3) is 11.6 Å². The Labute approximate surface area is 128 Å². The van der Waals surface area contributed by atoms with Gasteiger partial charge in [-0.2, -0.15) is 0 Å². The molecular weight excluding hydrogens is 294 g/mol. The van der Waals surface area contributed by atoms with Crippen LogP contribution in [0.5, 0.6) is 0 Å². The van der Waals surface area contributed by atoms with Crippen molar-refractivity contribution in [2.24, 2.45) is 0 Å². The number of piperidine rings is 1.